The molecular formula is C21H28N2O3S. The molecule has 0 aliphatic carbocycles. The van der Waals surface area contributed by atoms with Crippen molar-refractivity contribution in [1.29, 1.82) is 0 Å². The highest BCUT2D eigenvalue weighted by atomic mass is 32.2. The van der Waals surface area contributed by atoms with Crippen molar-refractivity contribution in [3.05, 3.63) is 65.7 Å². The minimum atomic E-state index is -3.60. The van der Waals surface area contributed by atoms with Crippen molar-refractivity contribution in [1.82, 2.24) is 10.0 Å². The normalized spacial score (nSPS) is 13.7. The highest BCUT2D eigenvalue weighted by molar-refractivity contribution is 7.89. The Labute approximate surface area is 162 Å². The highest BCUT2D eigenvalue weighted by Crippen LogP contribution is 2.17. The number of aryl methyl sites for hydroxylation is 1. The zero-order chi connectivity index (χ0) is 19.9. The molecule has 2 aromatic carbocycles. The molecule has 0 aromatic heterocycles. The van der Waals surface area contributed by atoms with Crippen molar-refractivity contribution in [3.8, 4) is 0 Å². The fourth-order valence-corrected chi connectivity index (χ4v) is 3.88. The van der Waals surface area contributed by atoms with Gasteiger partial charge in [-0.25, -0.2) is 13.1 Å². The quantitative estimate of drug-likeness (QED) is 0.689. The SMILES string of the molecule is CC[C@@H](C)NC(=O)CCc1ccc(S(=O)(=O)N[C@H](C)c2ccccc2)cc1. The minimum absolute atomic E-state index is 0.0133. The van der Waals surface area contributed by atoms with Crippen LogP contribution < -0.4 is 10.0 Å². The molecule has 0 heterocycles. The highest BCUT2D eigenvalue weighted by Gasteiger charge is 2.18. The molecule has 0 saturated heterocycles. The average molecular weight is 389 g/mol. The summed E-state index contributed by atoms with van der Waals surface area (Å²) < 4.78 is 27.8. The van der Waals surface area contributed by atoms with E-state index in [0.29, 0.717) is 12.8 Å². The minimum Gasteiger partial charge on any atom is -0.354 e. The maximum absolute atomic E-state index is 12.6. The smallest absolute Gasteiger partial charge is 0.241 e. The van der Waals surface area contributed by atoms with E-state index in [1.165, 1.54) is 0 Å². The number of hydrogen-bond donors (Lipinski definition) is 2. The molecule has 1 amide bonds. The molecule has 0 fully saturated rings. The van der Waals surface area contributed by atoms with Gasteiger partial charge in [0.05, 0.1) is 4.90 Å². The Bertz CT molecular complexity index is 833. The molecule has 2 atom stereocenters. The monoisotopic (exact) mass is 388 g/mol. The number of carbonyl (C=O) groups excluding carboxylic acids is 1. The van der Waals surface area contributed by atoms with Crippen LogP contribution in [0.15, 0.2) is 59.5 Å². The molecular weight excluding hydrogens is 360 g/mol. The lowest BCUT2D eigenvalue weighted by Gasteiger charge is -2.15. The van der Waals surface area contributed by atoms with Gasteiger partial charge in [0, 0.05) is 18.5 Å². The van der Waals surface area contributed by atoms with Crippen LogP contribution in [0.1, 0.15) is 50.8 Å². The maximum atomic E-state index is 12.6. The Morgan fingerprint density at radius 1 is 1.00 bits per heavy atom. The third-order valence-corrected chi connectivity index (χ3v) is 6.08. The fourth-order valence-electron chi connectivity index (χ4n) is 2.65. The van der Waals surface area contributed by atoms with E-state index in [-0.39, 0.29) is 22.9 Å². The van der Waals surface area contributed by atoms with E-state index in [0.717, 1.165) is 17.5 Å². The second-order valence-electron chi connectivity index (χ2n) is 6.77. The van der Waals surface area contributed by atoms with Gasteiger partial charge in [0.15, 0.2) is 0 Å². The summed E-state index contributed by atoms with van der Waals surface area (Å²) in [6, 6.07) is 16.0. The van der Waals surface area contributed by atoms with Gasteiger partial charge in [-0.05, 0) is 49.9 Å². The Kier molecular flexibility index (Phi) is 7.56. The number of nitrogens with one attached hydrogen (secondary N) is 2. The molecule has 0 radical (unpaired) electrons. The first-order chi connectivity index (χ1) is 12.8. The molecule has 146 valence electrons. The van der Waals surface area contributed by atoms with Crippen molar-refractivity contribution >= 4 is 15.9 Å². The molecule has 0 aliphatic heterocycles. The number of sulfonamides is 1. The first-order valence-electron chi connectivity index (χ1n) is 9.27. The molecule has 2 aromatic rings. The second kappa shape index (κ2) is 9.67. The lowest BCUT2D eigenvalue weighted by Crippen LogP contribution is -2.32. The summed E-state index contributed by atoms with van der Waals surface area (Å²) in [5.74, 6) is 0.0133. The molecule has 0 aliphatic rings. The van der Waals surface area contributed by atoms with E-state index in [1.54, 1.807) is 24.3 Å². The second-order valence-corrected chi connectivity index (χ2v) is 8.49. The molecule has 0 spiro atoms. The van der Waals surface area contributed by atoms with Crippen LogP contribution in [0.4, 0.5) is 0 Å². The zero-order valence-electron chi connectivity index (χ0n) is 16.1. The third kappa shape index (κ3) is 6.48. The van der Waals surface area contributed by atoms with Crippen LogP contribution in [0.25, 0.3) is 0 Å². The molecule has 0 bridgehead atoms. The van der Waals surface area contributed by atoms with Crippen LogP contribution in [-0.4, -0.2) is 20.4 Å². The van der Waals surface area contributed by atoms with Gasteiger partial charge in [0.2, 0.25) is 15.9 Å². The molecule has 2 rings (SSSR count). The molecule has 6 heteroatoms. The maximum Gasteiger partial charge on any atom is 0.241 e. The number of rotatable bonds is 9. The summed E-state index contributed by atoms with van der Waals surface area (Å²) in [6.07, 6.45) is 1.86. The van der Waals surface area contributed by atoms with Gasteiger partial charge in [-0.2, -0.15) is 0 Å². The van der Waals surface area contributed by atoms with Gasteiger partial charge in [0.1, 0.15) is 0 Å². The van der Waals surface area contributed by atoms with Gasteiger partial charge in [-0.3, -0.25) is 4.79 Å². The Morgan fingerprint density at radius 2 is 1.63 bits per heavy atom. The van der Waals surface area contributed by atoms with E-state index in [9.17, 15) is 13.2 Å². The van der Waals surface area contributed by atoms with Crippen LogP contribution in [0.5, 0.6) is 0 Å². The Hall–Kier alpha value is -2.18. The van der Waals surface area contributed by atoms with Crippen molar-refractivity contribution in [2.75, 3.05) is 0 Å². The van der Waals surface area contributed by atoms with Gasteiger partial charge in [-0.15, -0.1) is 0 Å². The average Bonchev–Trinajstić information content (AvgIpc) is 2.67. The van der Waals surface area contributed by atoms with E-state index in [1.807, 2.05) is 51.1 Å². The Morgan fingerprint density at radius 3 is 2.22 bits per heavy atom. The fraction of sp³-hybridized carbons (Fsp3) is 0.381. The summed E-state index contributed by atoms with van der Waals surface area (Å²) >= 11 is 0. The number of amides is 1. The zero-order valence-corrected chi connectivity index (χ0v) is 16.9. The van der Waals surface area contributed by atoms with Gasteiger partial charge in [0.25, 0.3) is 0 Å². The number of benzene rings is 2. The van der Waals surface area contributed by atoms with Crippen LogP contribution in [0.3, 0.4) is 0 Å². The van der Waals surface area contributed by atoms with Crippen LogP contribution >= 0.6 is 0 Å². The van der Waals surface area contributed by atoms with Gasteiger partial charge in [-0.1, -0.05) is 49.4 Å². The van der Waals surface area contributed by atoms with E-state index in [4.69, 9.17) is 0 Å². The van der Waals surface area contributed by atoms with Crippen molar-refractivity contribution in [3.63, 3.8) is 0 Å². The van der Waals surface area contributed by atoms with Gasteiger partial charge >= 0.3 is 0 Å². The summed E-state index contributed by atoms with van der Waals surface area (Å²) in [5.41, 5.74) is 1.84. The summed E-state index contributed by atoms with van der Waals surface area (Å²) in [4.78, 5) is 12.1. The van der Waals surface area contributed by atoms with Crippen LogP contribution in [0, 0.1) is 0 Å². The first kappa shape index (κ1) is 21.1. The number of carbonyl (C=O) groups is 1. The van der Waals surface area contributed by atoms with Crippen LogP contribution in [-0.2, 0) is 21.2 Å². The van der Waals surface area contributed by atoms with Crippen molar-refractivity contribution in [2.24, 2.45) is 0 Å². The third-order valence-electron chi connectivity index (χ3n) is 4.53. The molecule has 2 N–H and O–H groups in total. The molecule has 0 unspecified atom stereocenters. The van der Waals surface area contributed by atoms with E-state index >= 15 is 0 Å². The molecule has 27 heavy (non-hydrogen) atoms. The standard InChI is InChI=1S/C21H28N2O3S/c1-4-16(2)22-21(24)15-12-18-10-13-20(14-11-18)27(25,26)23-17(3)19-8-6-5-7-9-19/h5-11,13-14,16-17,23H,4,12,15H2,1-3H3,(H,22,24)/t16-,17-/m1/s1. The summed E-state index contributed by atoms with van der Waals surface area (Å²) in [6.45, 7) is 5.81. The van der Waals surface area contributed by atoms with Crippen molar-refractivity contribution in [2.45, 2.75) is 57.0 Å². The largest absolute Gasteiger partial charge is 0.354 e. The topological polar surface area (TPSA) is 75.3 Å². The molecule has 0 saturated carbocycles. The lowest BCUT2D eigenvalue weighted by atomic mass is 10.1. The predicted molar refractivity (Wildman–Crippen MR) is 108 cm³/mol. The first-order valence-corrected chi connectivity index (χ1v) is 10.8. The summed E-state index contributed by atoms with van der Waals surface area (Å²) in [5, 5.41) is 2.93. The van der Waals surface area contributed by atoms with Crippen molar-refractivity contribution < 1.29 is 13.2 Å². The van der Waals surface area contributed by atoms with E-state index in [2.05, 4.69) is 10.0 Å². The van der Waals surface area contributed by atoms with E-state index < -0.39 is 10.0 Å². The van der Waals surface area contributed by atoms with Crippen LogP contribution in [0.2, 0.25) is 0 Å². The summed E-state index contributed by atoms with van der Waals surface area (Å²) in [7, 11) is -3.60. The Balaban J connectivity index is 1.96. The predicted octanol–water partition coefficient (Wildman–Crippen LogP) is 3.57. The lowest BCUT2D eigenvalue weighted by molar-refractivity contribution is -0.121. The van der Waals surface area contributed by atoms with Gasteiger partial charge < -0.3 is 5.32 Å². The number of hydrogen-bond acceptors (Lipinski definition) is 3. The molecule has 5 nitrogen and oxygen atoms in total.